The molecule has 0 aliphatic heterocycles. The summed E-state index contributed by atoms with van der Waals surface area (Å²) >= 11 is 0. The van der Waals surface area contributed by atoms with Gasteiger partial charge in [0.05, 0.1) is 0 Å². The molecule has 4 aromatic carbocycles. The summed E-state index contributed by atoms with van der Waals surface area (Å²) in [5, 5.41) is 47.1. The normalized spacial score (nSPS) is 25.7. The molecule has 0 spiro atoms. The van der Waals surface area contributed by atoms with Crippen LogP contribution in [0.1, 0.15) is 23.3 Å². The molecule has 4 N–H and O–H groups in total. The highest BCUT2D eigenvalue weighted by Crippen LogP contribution is 2.42. The molecule has 26 heavy (non-hydrogen) atoms. The van der Waals surface area contributed by atoms with Crippen LogP contribution in [0.15, 0.2) is 60.7 Å². The van der Waals surface area contributed by atoms with Crippen LogP contribution in [-0.4, -0.2) is 32.6 Å². The smallest absolute Gasteiger partial charge is 0.113 e. The third-order valence-corrected chi connectivity index (χ3v) is 5.57. The molecule has 5 rings (SSSR count). The zero-order valence-electron chi connectivity index (χ0n) is 13.9. The lowest BCUT2D eigenvalue weighted by Gasteiger charge is -2.35. The van der Waals surface area contributed by atoms with E-state index in [0.717, 1.165) is 32.3 Å². The second-order valence-corrected chi connectivity index (χ2v) is 7.02. The van der Waals surface area contributed by atoms with E-state index in [1.807, 2.05) is 30.3 Å². The van der Waals surface area contributed by atoms with Gasteiger partial charge in [0, 0.05) is 0 Å². The van der Waals surface area contributed by atoms with Crippen molar-refractivity contribution in [2.45, 2.75) is 24.4 Å². The molecule has 0 saturated heterocycles. The molecule has 0 heterocycles. The van der Waals surface area contributed by atoms with Crippen molar-refractivity contribution in [3.8, 4) is 0 Å². The molecule has 0 aromatic heterocycles. The van der Waals surface area contributed by atoms with Crippen LogP contribution in [0.4, 0.5) is 0 Å². The fourth-order valence-corrected chi connectivity index (χ4v) is 4.18. The topological polar surface area (TPSA) is 80.9 Å². The quantitative estimate of drug-likeness (QED) is 0.291. The average Bonchev–Trinajstić information content (AvgIpc) is 2.68. The number of aliphatic hydroxyl groups is 4. The van der Waals surface area contributed by atoms with Gasteiger partial charge >= 0.3 is 0 Å². The highest BCUT2D eigenvalue weighted by atomic mass is 16.4. The van der Waals surface area contributed by atoms with E-state index in [0.29, 0.717) is 11.1 Å². The van der Waals surface area contributed by atoms with Crippen LogP contribution in [0.25, 0.3) is 32.3 Å². The molecule has 1 aliphatic carbocycles. The van der Waals surface area contributed by atoms with Gasteiger partial charge in [0.2, 0.25) is 0 Å². The van der Waals surface area contributed by atoms with Crippen molar-refractivity contribution in [3.63, 3.8) is 0 Å². The summed E-state index contributed by atoms with van der Waals surface area (Å²) in [7, 11) is 0. The summed E-state index contributed by atoms with van der Waals surface area (Å²) < 4.78 is 0. The lowest BCUT2D eigenvalue weighted by molar-refractivity contribution is -0.119. The van der Waals surface area contributed by atoms with Crippen molar-refractivity contribution in [1.29, 1.82) is 0 Å². The molecule has 0 saturated carbocycles. The lowest BCUT2D eigenvalue weighted by atomic mass is 9.80. The Balaban J connectivity index is 1.88. The Morgan fingerprint density at radius 3 is 2.00 bits per heavy atom. The van der Waals surface area contributed by atoms with E-state index in [9.17, 15) is 20.4 Å². The summed E-state index contributed by atoms with van der Waals surface area (Å²) in [5.74, 6) is 0. The maximum atomic E-state index is 10.5. The first-order valence-electron chi connectivity index (χ1n) is 8.66. The van der Waals surface area contributed by atoms with Crippen molar-refractivity contribution in [2.75, 3.05) is 0 Å². The molecular formula is C22H18O4. The van der Waals surface area contributed by atoms with Crippen molar-refractivity contribution < 1.29 is 20.4 Å². The molecule has 0 radical (unpaired) electrons. The van der Waals surface area contributed by atoms with Gasteiger partial charge in [-0.25, -0.2) is 0 Å². The van der Waals surface area contributed by atoms with E-state index in [1.54, 1.807) is 6.07 Å². The number of hydrogen-bond donors (Lipinski definition) is 4. The van der Waals surface area contributed by atoms with Crippen LogP contribution >= 0.6 is 0 Å². The van der Waals surface area contributed by atoms with Gasteiger partial charge in [-0.15, -0.1) is 0 Å². The summed E-state index contributed by atoms with van der Waals surface area (Å²) in [6.45, 7) is 0. The van der Waals surface area contributed by atoms with Gasteiger partial charge in [-0.2, -0.15) is 0 Å². The molecule has 0 unspecified atom stereocenters. The monoisotopic (exact) mass is 346 g/mol. The van der Waals surface area contributed by atoms with E-state index in [-0.39, 0.29) is 0 Å². The summed E-state index contributed by atoms with van der Waals surface area (Å²) in [6.07, 6.45) is -5.29. The minimum atomic E-state index is -1.42. The molecule has 1 aliphatic rings. The van der Waals surface area contributed by atoms with Crippen molar-refractivity contribution in [1.82, 2.24) is 0 Å². The summed E-state index contributed by atoms with van der Waals surface area (Å²) in [6, 6.07) is 19.9. The van der Waals surface area contributed by atoms with Crippen LogP contribution in [0.5, 0.6) is 0 Å². The molecular weight excluding hydrogens is 328 g/mol. The van der Waals surface area contributed by atoms with E-state index < -0.39 is 24.4 Å². The minimum absolute atomic E-state index is 0.461. The number of rotatable bonds is 0. The zero-order chi connectivity index (χ0) is 18.0. The standard InChI is InChI=1S/C22H18O4/c23-19-15-8-7-13-9-16-12(6-5-11-3-1-2-4-14(11)16)10-17(13)18(15)20(24)22(26)21(19)25/h1-10,19-26H/t19-,20+,21+,22+/m1/s1. The predicted octanol–water partition coefficient (Wildman–Crippen LogP) is 2.95. The first kappa shape index (κ1) is 15.7. The Morgan fingerprint density at radius 2 is 1.15 bits per heavy atom. The Kier molecular flexibility index (Phi) is 3.33. The average molecular weight is 346 g/mol. The number of hydrogen-bond acceptors (Lipinski definition) is 4. The Bertz CT molecular complexity index is 1170. The molecule has 4 nitrogen and oxygen atoms in total. The van der Waals surface area contributed by atoms with Gasteiger partial charge in [-0.3, -0.25) is 0 Å². The summed E-state index contributed by atoms with van der Waals surface area (Å²) in [4.78, 5) is 0. The Labute approximate surface area is 149 Å². The first-order chi connectivity index (χ1) is 12.6. The second kappa shape index (κ2) is 5.50. The zero-order valence-corrected chi connectivity index (χ0v) is 13.9. The third-order valence-electron chi connectivity index (χ3n) is 5.57. The van der Waals surface area contributed by atoms with Gasteiger partial charge in [0.25, 0.3) is 0 Å². The van der Waals surface area contributed by atoms with E-state index in [1.165, 1.54) is 0 Å². The third kappa shape index (κ3) is 2.04. The Morgan fingerprint density at radius 1 is 0.538 bits per heavy atom. The molecule has 0 fully saturated rings. The fraction of sp³-hybridized carbons (Fsp3) is 0.182. The molecule has 4 heteroatoms. The van der Waals surface area contributed by atoms with E-state index in [2.05, 4.69) is 24.3 Å². The molecule has 0 amide bonds. The van der Waals surface area contributed by atoms with E-state index >= 15 is 0 Å². The lowest BCUT2D eigenvalue weighted by Crippen LogP contribution is -2.41. The number of aliphatic hydroxyl groups excluding tert-OH is 4. The highest BCUT2D eigenvalue weighted by Gasteiger charge is 2.40. The largest absolute Gasteiger partial charge is 0.387 e. The number of benzene rings is 4. The van der Waals surface area contributed by atoms with Gasteiger partial charge < -0.3 is 20.4 Å². The minimum Gasteiger partial charge on any atom is -0.387 e. The SMILES string of the molecule is O[C@@H]1[C@@H](O)[C@@H](O)c2c(ccc3cc4c(ccc5ccccc54)cc23)[C@H]1O. The van der Waals surface area contributed by atoms with Crippen LogP contribution in [-0.2, 0) is 0 Å². The van der Waals surface area contributed by atoms with Crippen molar-refractivity contribution in [3.05, 3.63) is 71.8 Å². The molecule has 4 aromatic rings. The van der Waals surface area contributed by atoms with Gasteiger partial charge in [-0.1, -0.05) is 48.5 Å². The van der Waals surface area contributed by atoms with E-state index in [4.69, 9.17) is 0 Å². The maximum Gasteiger partial charge on any atom is 0.113 e. The predicted molar refractivity (Wildman–Crippen MR) is 101 cm³/mol. The van der Waals surface area contributed by atoms with Crippen LogP contribution in [0.2, 0.25) is 0 Å². The van der Waals surface area contributed by atoms with Crippen LogP contribution in [0.3, 0.4) is 0 Å². The van der Waals surface area contributed by atoms with Crippen molar-refractivity contribution >= 4 is 32.3 Å². The fourth-order valence-electron chi connectivity index (χ4n) is 4.18. The van der Waals surface area contributed by atoms with Gasteiger partial charge in [-0.05, 0) is 55.6 Å². The molecule has 130 valence electrons. The van der Waals surface area contributed by atoms with Crippen molar-refractivity contribution in [2.24, 2.45) is 0 Å². The Hall–Kier alpha value is -2.50. The molecule has 4 atom stereocenters. The molecule has 0 bridgehead atoms. The highest BCUT2D eigenvalue weighted by molar-refractivity contribution is 6.12. The van der Waals surface area contributed by atoms with Gasteiger partial charge in [0.15, 0.2) is 0 Å². The first-order valence-corrected chi connectivity index (χ1v) is 8.66. The second-order valence-electron chi connectivity index (χ2n) is 7.02. The maximum absolute atomic E-state index is 10.5. The van der Waals surface area contributed by atoms with Crippen LogP contribution in [0, 0.1) is 0 Å². The van der Waals surface area contributed by atoms with Gasteiger partial charge in [0.1, 0.15) is 24.4 Å². The van der Waals surface area contributed by atoms with Crippen LogP contribution < -0.4 is 0 Å². The summed E-state index contributed by atoms with van der Waals surface area (Å²) in [5.41, 5.74) is 0.950. The number of fused-ring (bicyclic) bond motifs is 6.